The van der Waals surface area contributed by atoms with Crippen LogP contribution in [0.5, 0.6) is 0 Å². The van der Waals surface area contributed by atoms with E-state index in [-0.39, 0.29) is 5.91 Å². The standard InChI is InChI=1S/C21H28N4O/c1-17-20(14-22-25(17)15-18-8-3-2-4-9-18)21(26)24-13-7-10-19(16-24)23-11-5-6-12-23/h2-4,8-9,14,19H,5-7,10-13,15-16H2,1H3. The molecule has 4 rings (SSSR count). The summed E-state index contributed by atoms with van der Waals surface area (Å²) in [7, 11) is 0. The minimum Gasteiger partial charge on any atom is -0.337 e. The molecule has 2 fully saturated rings. The second-order valence-electron chi connectivity index (χ2n) is 7.58. The molecular formula is C21H28N4O. The van der Waals surface area contributed by atoms with E-state index in [9.17, 15) is 4.79 Å². The molecule has 2 aromatic rings. The van der Waals surface area contributed by atoms with Gasteiger partial charge in [-0.3, -0.25) is 14.4 Å². The Morgan fingerprint density at radius 2 is 1.88 bits per heavy atom. The molecule has 1 atom stereocenters. The van der Waals surface area contributed by atoms with Gasteiger partial charge in [-0.15, -0.1) is 0 Å². The summed E-state index contributed by atoms with van der Waals surface area (Å²) in [4.78, 5) is 17.7. The highest BCUT2D eigenvalue weighted by atomic mass is 16.2. The van der Waals surface area contributed by atoms with E-state index >= 15 is 0 Å². The van der Waals surface area contributed by atoms with Gasteiger partial charge in [-0.05, 0) is 51.3 Å². The Bertz CT molecular complexity index is 749. The van der Waals surface area contributed by atoms with Crippen molar-refractivity contribution >= 4 is 5.91 Å². The number of hydrogen-bond acceptors (Lipinski definition) is 3. The molecule has 1 unspecified atom stereocenters. The van der Waals surface area contributed by atoms with Crippen molar-refractivity contribution in [2.24, 2.45) is 0 Å². The number of carbonyl (C=O) groups is 1. The minimum absolute atomic E-state index is 0.144. The molecular weight excluding hydrogens is 324 g/mol. The van der Waals surface area contributed by atoms with Gasteiger partial charge in [0.15, 0.2) is 0 Å². The Labute approximate surface area is 155 Å². The summed E-state index contributed by atoms with van der Waals surface area (Å²) in [5.74, 6) is 0.144. The van der Waals surface area contributed by atoms with Crippen LogP contribution in [-0.2, 0) is 6.54 Å². The molecule has 0 aliphatic carbocycles. The average molecular weight is 352 g/mol. The van der Waals surface area contributed by atoms with E-state index < -0.39 is 0 Å². The van der Waals surface area contributed by atoms with Crippen LogP contribution in [0.2, 0.25) is 0 Å². The van der Waals surface area contributed by atoms with Gasteiger partial charge in [-0.1, -0.05) is 30.3 Å². The van der Waals surface area contributed by atoms with E-state index in [1.54, 1.807) is 6.20 Å². The topological polar surface area (TPSA) is 41.4 Å². The van der Waals surface area contributed by atoms with Crippen molar-refractivity contribution in [2.45, 2.75) is 45.2 Å². The lowest BCUT2D eigenvalue weighted by Crippen LogP contribution is -2.49. The zero-order chi connectivity index (χ0) is 17.9. The maximum absolute atomic E-state index is 13.1. The third-order valence-electron chi connectivity index (χ3n) is 5.85. The Hall–Kier alpha value is -2.14. The quantitative estimate of drug-likeness (QED) is 0.849. The van der Waals surface area contributed by atoms with Crippen LogP contribution in [0.25, 0.3) is 0 Å². The second-order valence-corrected chi connectivity index (χ2v) is 7.58. The number of rotatable bonds is 4. The van der Waals surface area contributed by atoms with Crippen LogP contribution >= 0.6 is 0 Å². The van der Waals surface area contributed by atoms with Crippen LogP contribution in [0.4, 0.5) is 0 Å². The molecule has 1 aromatic heterocycles. The van der Waals surface area contributed by atoms with E-state index in [0.717, 1.165) is 30.8 Å². The molecule has 2 aliphatic heterocycles. The lowest BCUT2D eigenvalue weighted by molar-refractivity contribution is 0.0607. The maximum Gasteiger partial charge on any atom is 0.257 e. The predicted molar refractivity (Wildman–Crippen MR) is 102 cm³/mol. The van der Waals surface area contributed by atoms with Gasteiger partial charge in [-0.2, -0.15) is 5.10 Å². The van der Waals surface area contributed by atoms with Gasteiger partial charge in [-0.25, -0.2) is 0 Å². The molecule has 0 radical (unpaired) electrons. The van der Waals surface area contributed by atoms with E-state index in [0.29, 0.717) is 12.6 Å². The molecule has 0 spiro atoms. The van der Waals surface area contributed by atoms with Gasteiger partial charge in [0.2, 0.25) is 0 Å². The molecule has 3 heterocycles. The number of benzene rings is 1. The fraction of sp³-hybridized carbons (Fsp3) is 0.524. The molecule has 2 saturated heterocycles. The van der Waals surface area contributed by atoms with E-state index in [1.807, 2.05) is 34.7 Å². The first-order valence-corrected chi connectivity index (χ1v) is 9.82. The highest BCUT2D eigenvalue weighted by Crippen LogP contribution is 2.22. The van der Waals surface area contributed by atoms with Crippen molar-refractivity contribution in [1.82, 2.24) is 19.6 Å². The molecule has 0 N–H and O–H groups in total. The number of nitrogens with zero attached hydrogens (tertiary/aromatic N) is 4. The number of aromatic nitrogens is 2. The summed E-state index contributed by atoms with van der Waals surface area (Å²) in [6.45, 7) is 6.83. The van der Waals surface area contributed by atoms with Crippen LogP contribution in [0.1, 0.15) is 47.3 Å². The normalized spacial score (nSPS) is 21.3. The third kappa shape index (κ3) is 3.54. The van der Waals surface area contributed by atoms with Crippen molar-refractivity contribution in [3.8, 4) is 0 Å². The monoisotopic (exact) mass is 352 g/mol. The SMILES string of the molecule is Cc1c(C(=O)N2CCCC(N3CCCC3)C2)cnn1Cc1ccccc1. The number of hydrogen-bond donors (Lipinski definition) is 0. The molecule has 5 nitrogen and oxygen atoms in total. The highest BCUT2D eigenvalue weighted by Gasteiger charge is 2.30. The van der Waals surface area contributed by atoms with Gasteiger partial charge in [0.25, 0.3) is 5.91 Å². The van der Waals surface area contributed by atoms with Crippen LogP contribution < -0.4 is 0 Å². The molecule has 1 amide bonds. The lowest BCUT2D eigenvalue weighted by Gasteiger charge is -2.37. The smallest absolute Gasteiger partial charge is 0.257 e. The summed E-state index contributed by atoms with van der Waals surface area (Å²) < 4.78 is 1.93. The van der Waals surface area contributed by atoms with Gasteiger partial charge in [0, 0.05) is 24.8 Å². The zero-order valence-corrected chi connectivity index (χ0v) is 15.6. The van der Waals surface area contributed by atoms with E-state index in [4.69, 9.17) is 0 Å². The molecule has 0 saturated carbocycles. The summed E-state index contributed by atoms with van der Waals surface area (Å²) in [5, 5.41) is 4.48. The Balaban J connectivity index is 1.46. The fourth-order valence-electron chi connectivity index (χ4n) is 4.29. The average Bonchev–Trinajstić information content (AvgIpc) is 3.33. The first kappa shape index (κ1) is 17.3. The first-order valence-electron chi connectivity index (χ1n) is 9.82. The predicted octanol–water partition coefficient (Wildman–Crippen LogP) is 2.94. The van der Waals surface area contributed by atoms with Crippen molar-refractivity contribution in [3.63, 3.8) is 0 Å². The Morgan fingerprint density at radius 3 is 2.65 bits per heavy atom. The molecule has 26 heavy (non-hydrogen) atoms. The summed E-state index contributed by atoms with van der Waals surface area (Å²) >= 11 is 0. The van der Waals surface area contributed by atoms with Gasteiger partial charge in [0.05, 0.1) is 18.3 Å². The Morgan fingerprint density at radius 1 is 1.12 bits per heavy atom. The number of amides is 1. The van der Waals surface area contributed by atoms with Crippen LogP contribution in [-0.4, -0.2) is 57.7 Å². The number of likely N-dealkylation sites (tertiary alicyclic amines) is 2. The van der Waals surface area contributed by atoms with E-state index in [1.165, 1.54) is 37.9 Å². The van der Waals surface area contributed by atoms with Gasteiger partial charge >= 0.3 is 0 Å². The molecule has 1 aromatic carbocycles. The zero-order valence-electron chi connectivity index (χ0n) is 15.6. The van der Waals surface area contributed by atoms with Crippen molar-refractivity contribution in [1.29, 1.82) is 0 Å². The number of carbonyl (C=O) groups excluding carboxylic acids is 1. The highest BCUT2D eigenvalue weighted by molar-refractivity contribution is 5.95. The molecule has 5 heteroatoms. The van der Waals surface area contributed by atoms with E-state index in [2.05, 4.69) is 22.1 Å². The van der Waals surface area contributed by atoms with Crippen molar-refractivity contribution < 1.29 is 4.79 Å². The minimum atomic E-state index is 0.144. The maximum atomic E-state index is 13.1. The number of piperidine rings is 1. The summed E-state index contributed by atoms with van der Waals surface area (Å²) in [6.07, 6.45) is 6.67. The van der Waals surface area contributed by atoms with Crippen molar-refractivity contribution in [2.75, 3.05) is 26.2 Å². The van der Waals surface area contributed by atoms with Gasteiger partial charge in [0.1, 0.15) is 0 Å². The summed E-state index contributed by atoms with van der Waals surface area (Å²) in [6, 6.07) is 10.8. The van der Waals surface area contributed by atoms with Gasteiger partial charge < -0.3 is 4.90 Å². The fourth-order valence-corrected chi connectivity index (χ4v) is 4.29. The first-order chi connectivity index (χ1) is 12.7. The van der Waals surface area contributed by atoms with Crippen molar-refractivity contribution in [3.05, 3.63) is 53.3 Å². The van der Waals surface area contributed by atoms with Crippen LogP contribution in [0.3, 0.4) is 0 Å². The second kappa shape index (κ2) is 7.62. The third-order valence-corrected chi connectivity index (χ3v) is 5.85. The Kier molecular flexibility index (Phi) is 5.07. The molecule has 138 valence electrons. The molecule has 2 aliphatic rings. The summed E-state index contributed by atoms with van der Waals surface area (Å²) in [5.41, 5.74) is 2.91. The van der Waals surface area contributed by atoms with Crippen LogP contribution in [0.15, 0.2) is 36.5 Å². The lowest BCUT2D eigenvalue weighted by atomic mass is 10.0. The van der Waals surface area contributed by atoms with Crippen LogP contribution in [0, 0.1) is 6.92 Å². The molecule has 0 bridgehead atoms. The largest absolute Gasteiger partial charge is 0.337 e.